The van der Waals surface area contributed by atoms with Crippen molar-refractivity contribution >= 4 is 16.1 Å². The molecule has 0 aliphatic heterocycles. The van der Waals surface area contributed by atoms with Crippen molar-refractivity contribution in [3.8, 4) is 33.8 Å². The maximum absolute atomic E-state index is 12.9. The highest BCUT2D eigenvalue weighted by molar-refractivity contribution is 7.88. The van der Waals surface area contributed by atoms with Gasteiger partial charge in [0.05, 0.1) is 0 Å². The van der Waals surface area contributed by atoms with Crippen LogP contribution < -0.4 is 8.92 Å². The molecule has 9 heteroatoms. The van der Waals surface area contributed by atoms with Gasteiger partial charge in [-0.15, -0.1) is 0 Å². The lowest BCUT2D eigenvalue weighted by Gasteiger charge is -2.30. The highest BCUT2D eigenvalue weighted by atomic mass is 32.2. The van der Waals surface area contributed by atoms with E-state index < -0.39 is 27.3 Å². The number of para-hydroxylation sites is 1. The molecule has 0 heterocycles. The number of ether oxygens (including phenoxy) is 1. The van der Waals surface area contributed by atoms with E-state index in [0.717, 1.165) is 22.3 Å². The van der Waals surface area contributed by atoms with Crippen LogP contribution in [0.2, 0.25) is 0 Å². The molecule has 0 saturated carbocycles. The lowest BCUT2D eigenvalue weighted by molar-refractivity contribution is -0.132. The summed E-state index contributed by atoms with van der Waals surface area (Å²) in [5.41, 5.74) is -2.16. The summed E-state index contributed by atoms with van der Waals surface area (Å²) >= 11 is 0. The largest absolute Gasteiger partial charge is 0.534 e. The summed E-state index contributed by atoms with van der Waals surface area (Å²) < 4.78 is 71.9. The van der Waals surface area contributed by atoms with Gasteiger partial charge >= 0.3 is 21.6 Å². The molecule has 3 aromatic rings. The van der Waals surface area contributed by atoms with Gasteiger partial charge < -0.3 is 8.92 Å². The van der Waals surface area contributed by atoms with Gasteiger partial charge in [-0.05, 0) is 45.7 Å². The minimum atomic E-state index is -5.82. The zero-order valence-corrected chi connectivity index (χ0v) is 23.2. The van der Waals surface area contributed by atoms with E-state index in [1.807, 2.05) is 53.7 Å². The lowest BCUT2D eigenvalue weighted by atomic mass is 9.77. The van der Waals surface area contributed by atoms with Crippen LogP contribution in [0.5, 0.6) is 11.5 Å². The molecule has 3 rings (SSSR count). The van der Waals surface area contributed by atoms with Gasteiger partial charge in [0.1, 0.15) is 5.75 Å². The smallest absolute Gasteiger partial charge is 0.426 e. The maximum Gasteiger partial charge on any atom is 0.534 e. The summed E-state index contributed by atoms with van der Waals surface area (Å²) in [4.78, 5) is 11.9. The van der Waals surface area contributed by atoms with Crippen LogP contribution in [-0.2, 0) is 25.7 Å². The molecule has 38 heavy (non-hydrogen) atoms. The van der Waals surface area contributed by atoms with Crippen molar-refractivity contribution in [2.75, 3.05) is 0 Å². The van der Waals surface area contributed by atoms with Crippen molar-refractivity contribution in [2.45, 2.75) is 64.8 Å². The Kier molecular flexibility index (Phi) is 7.76. The Hall–Kier alpha value is -3.33. The van der Waals surface area contributed by atoms with Gasteiger partial charge in [0.15, 0.2) is 5.75 Å². The maximum atomic E-state index is 12.9. The first-order chi connectivity index (χ1) is 17.3. The zero-order valence-electron chi connectivity index (χ0n) is 22.4. The molecule has 0 fully saturated rings. The predicted molar refractivity (Wildman–Crippen MR) is 142 cm³/mol. The van der Waals surface area contributed by atoms with E-state index in [9.17, 15) is 26.4 Å². The molecule has 0 amide bonds. The second kappa shape index (κ2) is 10.1. The number of rotatable bonds is 5. The van der Waals surface area contributed by atoms with Crippen LogP contribution in [0.4, 0.5) is 13.2 Å². The fourth-order valence-electron chi connectivity index (χ4n) is 3.95. The van der Waals surface area contributed by atoms with Crippen LogP contribution in [-0.4, -0.2) is 19.9 Å². The Morgan fingerprint density at radius 2 is 1.21 bits per heavy atom. The summed E-state index contributed by atoms with van der Waals surface area (Å²) in [7, 11) is -5.82. The minimum Gasteiger partial charge on any atom is -0.426 e. The summed E-state index contributed by atoms with van der Waals surface area (Å²) in [5, 5.41) is 0. The van der Waals surface area contributed by atoms with E-state index in [1.54, 1.807) is 30.3 Å². The number of alkyl halides is 3. The fraction of sp³-hybridized carbons (Fsp3) is 0.345. The molecule has 0 bridgehead atoms. The summed E-state index contributed by atoms with van der Waals surface area (Å²) in [5.74, 6) is -0.297. The third-order valence-electron chi connectivity index (χ3n) is 5.85. The third kappa shape index (κ3) is 6.38. The molecular weight excluding hydrogens is 517 g/mol. The molecule has 0 aliphatic carbocycles. The number of hydrogen-bond acceptors (Lipinski definition) is 5. The topological polar surface area (TPSA) is 69.7 Å². The van der Waals surface area contributed by atoms with Gasteiger partial charge in [-0.2, -0.15) is 21.6 Å². The van der Waals surface area contributed by atoms with E-state index in [-0.39, 0.29) is 16.4 Å². The van der Waals surface area contributed by atoms with Gasteiger partial charge in [-0.25, -0.2) is 0 Å². The highest BCUT2D eigenvalue weighted by Gasteiger charge is 2.48. The van der Waals surface area contributed by atoms with Gasteiger partial charge in [0.25, 0.3) is 0 Å². The van der Waals surface area contributed by atoms with Gasteiger partial charge in [0.2, 0.25) is 0 Å². The molecule has 0 aromatic heterocycles. The van der Waals surface area contributed by atoms with Crippen molar-refractivity contribution < 1.29 is 35.3 Å². The van der Waals surface area contributed by atoms with Crippen molar-refractivity contribution in [2.24, 2.45) is 0 Å². The number of esters is 1. The molecule has 3 aromatic carbocycles. The molecule has 0 spiro atoms. The standard InChI is InChI=1S/C29H31F3O5S/c1-18(33)36-26-23(27(2,3)4)16-21(17-24(26)28(5,6)7)19-12-14-20(15-13-19)22-10-8-9-11-25(22)37-38(34,35)29(30,31)32/h8-17H,1-7H3. The monoisotopic (exact) mass is 548 g/mol. The van der Waals surface area contributed by atoms with E-state index in [4.69, 9.17) is 4.74 Å². The van der Waals surface area contributed by atoms with Crippen molar-refractivity contribution in [3.63, 3.8) is 0 Å². The van der Waals surface area contributed by atoms with Gasteiger partial charge in [0, 0.05) is 23.6 Å². The fourth-order valence-corrected chi connectivity index (χ4v) is 4.43. The number of hydrogen-bond donors (Lipinski definition) is 0. The molecular formula is C29H31F3O5S. The van der Waals surface area contributed by atoms with E-state index in [2.05, 4.69) is 4.18 Å². The molecule has 0 saturated heterocycles. The van der Waals surface area contributed by atoms with Gasteiger partial charge in [-0.3, -0.25) is 4.79 Å². The predicted octanol–water partition coefficient (Wildman–Crippen LogP) is 7.77. The lowest BCUT2D eigenvalue weighted by Crippen LogP contribution is -2.28. The van der Waals surface area contributed by atoms with Crippen LogP contribution in [0.15, 0.2) is 60.7 Å². The Labute approximate surface area is 221 Å². The average Bonchev–Trinajstić information content (AvgIpc) is 2.77. The molecule has 204 valence electrons. The van der Waals surface area contributed by atoms with Crippen molar-refractivity contribution in [3.05, 3.63) is 71.8 Å². The molecule has 0 atom stereocenters. The molecule has 5 nitrogen and oxygen atoms in total. The first-order valence-corrected chi connectivity index (χ1v) is 13.3. The number of carbonyl (C=O) groups excluding carboxylic acids is 1. The average molecular weight is 549 g/mol. The molecule has 0 aliphatic rings. The Balaban J connectivity index is 2.12. The highest BCUT2D eigenvalue weighted by Crippen LogP contribution is 2.43. The van der Waals surface area contributed by atoms with Gasteiger partial charge in [-0.1, -0.05) is 84.0 Å². The first-order valence-electron chi connectivity index (χ1n) is 11.9. The van der Waals surface area contributed by atoms with E-state index in [0.29, 0.717) is 11.3 Å². The van der Waals surface area contributed by atoms with Crippen LogP contribution in [0.3, 0.4) is 0 Å². The number of benzene rings is 3. The van der Waals surface area contributed by atoms with Crippen LogP contribution in [0.1, 0.15) is 59.6 Å². The summed E-state index contributed by atoms with van der Waals surface area (Å²) in [6.07, 6.45) is 0. The summed E-state index contributed by atoms with van der Waals surface area (Å²) in [6, 6.07) is 16.5. The van der Waals surface area contributed by atoms with E-state index in [1.165, 1.54) is 25.1 Å². The van der Waals surface area contributed by atoms with Crippen LogP contribution in [0, 0.1) is 0 Å². The van der Waals surface area contributed by atoms with Crippen molar-refractivity contribution in [1.82, 2.24) is 0 Å². The molecule has 0 radical (unpaired) electrons. The van der Waals surface area contributed by atoms with Crippen molar-refractivity contribution in [1.29, 1.82) is 0 Å². The number of carbonyl (C=O) groups is 1. The normalized spacial score (nSPS) is 12.8. The third-order valence-corrected chi connectivity index (χ3v) is 6.82. The first kappa shape index (κ1) is 29.2. The quantitative estimate of drug-likeness (QED) is 0.141. The number of halogens is 3. The summed E-state index contributed by atoms with van der Waals surface area (Å²) in [6.45, 7) is 13.5. The van der Waals surface area contributed by atoms with Crippen LogP contribution >= 0.6 is 0 Å². The minimum absolute atomic E-state index is 0.197. The molecule has 0 unspecified atom stereocenters. The molecule has 0 N–H and O–H groups in total. The van der Waals surface area contributed by atoms with E-state index >= 15 is 0 Å². The Bertz CT molecular complexity index is 1410. The SMILES string of the molecule is CC(=O)Oc1c(C(C)(C)C)cc(-c2ccc(-c3ccccc3OS(=O)(=O)C(F)(F)F)cc2)cc1C(C)(C)C. The Morgan fingerprint density at radius 1 is 0.737 bits per heavy atom. The van der Waals surface area contributed by atoms with Crippen LogP contribution in [0.25, 0.3) is 22.3 Å². The zero-order chi connectivity index (χ0) is 28.7. The Morgan fingerprint density at radius 3 is 1.66 bits per heavy atom. The second-order valence-corrected chi connectivity index (χ2v) is 12.6. The second-order valence-electron chi connectivity index (χ2n) is 11.1.